The van der Waals surface area contributed by atoms with Crippen LogP contribution in [0.5, 0.6) is 5.75 Å². The van der Waals surface area contributed by atoms with Crippen LogP contribution in [0.15, 0.2) is 22.7 Å². The molecule has 120 valence electrons. The van der Waals surface area contributed by atoms with Crippen molar-refractivity contribution < 1.29 is 9.16 Å². The van der Waals surface area contributed by atoms with Crippen LogP contribution in [0.1, 0.15) is 39.2 Å². The smallest absolute Gasteiger partial charge is 0.192 e. The summed E-state index contributed by atoms with van der Waals surface area (Å²) in [6.07, 6.45) is 2.44. The van der Waals surface area contributed by atoms with E-state index in [2.05, 4.69) is 55.9 Å². The van der Waals surface area contributed by atoms with Gasteiger partial charge in [0, 0.05) is 17.3 Å². The van der Waals surface area contributed by atoms with E-state index in [-0.39, 0.29) is 11.1 Å². The summed E-state index contributed by atoms with van der Waals surface area (Å²) in [5, 5.41) is 9.17. The van der Waals surface area contributed by atoms with E-state index in [0.29, 0.717) is 11.7 Å². The Morgan fingerprint density at radius 1 is 1.23 bits per heavy atom. The molecule has 0 heterocycles. The average molecular weight is 382 g/mol. The van der Waals surface area contributed by atoms with E-state index in [1.807, 2.05) is 12.1 Å². The Labute approximate surface area is 142 Å². The zero-order chi connectivity index (χ0) is 16.5. The highest BCUT2D eigenvalue weighted by atomic mass is 79.9. The van der Waals surface area contributed by atoms with Crippen molar-refractivity contribution in [1.29, 1.82) is 5.26 Å². The second-order valence-electron chi connectivity index (χ2n) is 7.46. The van der Waals surface area contributed by atoms with Gasteiger partial charge in [-0.3, -0.25) is 0 Å². The average Bonchev–Trinajstić information content (AvgIpc) is 2.35. The first kappa shape index (κ1) is 17.5. The molecule has 0 bridgehead atoms. The zero-order valence-electron chi connectivity index (χ0n) is 13.9. The van der Waals surface area contributed by atoms with Crippen LogP contribution in [0, 0.1) is 11.3 Å². The summed E-state index contributed by atoms with van der Waals surface area (Å²) in [4.78, 5) is 0. The Bertz CT molecular complexity index is 583. The number of ether oxygens (including phenoxy) is 1. The Hall–Kier alpha value is -0.833. The highest BCUT2D eigenvalue weighted by molar-refractivity contribution is 9.10. The van der Waals surface area contributed by atoms with E-state index >= 15 is 0 Å². The molecule has 1 aromatic carbocycles. The van der Waals surface area contributed by atoms with Gasteiger partial charge in [0.2, 0.25) is 0 Å². The van der Waals surface area contributed by atoms with Crippen LogP contribution >= 0.6 is 15.9 Å². The van der Waals surface area contributed by atoms with Crippen LogP contribution in [-0.2, 0) is 4.43 Å². The number of hydrogen-bond acceptors (Lipinski definition) is 3. The largest absolute Gasteiger partial charge is 0.490 e. The normalized spacial score (nSPS) is 21.9. The molecule has 5 heteroatoms. The van der Waals surface area contributed by atoms with Crippen molar-refractivity contribution in [3.8, 4) is 11.8 Å². The zero-order valence-corrected chi connectivity index (χ0v) is 16.5. The van der Waals surface area contributed by atoms with Crippen molar-refractivity contribution in [2.45, 2.75) is 64.0 Å². The summed E-state index contributed by atoms with van der Waals surface area (Å²) in [5.41, 5.74) is 0.625. The predicted molar refractivity (Wildman–Crippen MR) is 94.6 cm³/mol. The third-order valence-electron chi connectivity index (χ3n) is 4.68. The summed E-state index contributed by atoms with van der Waals surface area (Å²) in [5.74, 6) is 0.807. The van der Waals surface area contributed by atoms with Gasteiger partial charge >= 0.3 is 0 Å². The maximum absolute atomic E-state index is 8.92. The molecule has 1 aliphatic rings. The molecular formula is C17H24BrNO2Si. The van der Waals surface area contributed by atoms with E-state index in [0.717, 1.165) is 23.1 Å². The second kappa shape index (κ2) is 6.35. The maximum atomic E-state index is 8.92. The molecule has 0 radical (unpaired) electrons. The van der Waals surface area contributed by atoms with Gasteiger partial charge in [0.25, 0.3) is 0 Å². The summed E-state index contributed by atoms with van der Waals surface area (Å²) >= 11 is 3.39. The van der Waals surface area contributed by atoms with Crippen LogP contribution in [-0.4, -0.2) is 20.5 Å². The third-order valence-corrected chi connectivity index (χ3v) is 9.87. The van der Waals surface area contributed by atoms with Crippen molar-refractivity contribution >= 4 is 24.2 Å². The summed E-state index contributed by atoms with van der Waals surface area (Å²) < 4.78 is 13.1. The fourth-order valence-corrected chi connectivity index (χ4v) is 3.98. The summed E-state index contributed by atoms with van der Waals surface area (Å²) in [6, 6.07) is 7.63. The first-order valence-electron chi connectivity index (χ1n) is 7.66. The first-order chi connectivity index (χ1) is 10.1. The van der Waals surface area contributed by atoms with Crippen LogP contribution in [0.2, 0.25) is 18.1 Å². The van der Waals surface area contributed by atoms with Gasteiger partial charge in [-0.1, -0.05) is 20.8 Å². The van der Waals surface area contributed by atoms with Crippen LogP contribution < -0.4 is 4.74 Å². The molecule has 1 fully saturated rings. The van der Waals surface area contributed by atoms with Crippen LogP contribution in [0.25, 0.3) is 0 Å². The maximum Gasteiger partial charge on any atom is 0.192 e. The van der Waals surface area contributed by atoms with Gasteiger partial charge in [0.05, 0.1) is 11.7 Å². The molecule has 2 rings (SSSR count). The standard InChI is InChI=1S/C17H24BrNO2Si/c1-17(2,3)22(4,5)21-15-8-14(9-15)20-13-7-6-12(11-19)16(18)10-13/h6-7,10,14-15H,8-9H2,1-5H3/t14-,15-. The van der Waals surface area contributed by atoms with Gasteiger partial charge in [-0.2, -0.15) is 5.26 Å². The minimum absolute atomic E-state index is 0.217. The minimum atomic E-state index is -1.68. The van der Waals surface area contributed by atoms with E-state index in [1.54, 1.807) is 6.07 Å². The Balaban J connectivity index is 1.85. The number of hydrogen-bond donors (Lipinski definition) is 0. The molecule has 0 unspecified atom stereocenters. The molecule has 3 nitrogen and oxygen atoms in total. The minimum Gasteiger partial charge on any atom is -0.490 e. The fraction of sp³-hybridized carbons (Fsp3) is 0.588. The summed E-state index contributed by atoms with van der Waals surface area (Å²) in [7, 11) is -1.68. The number of rotatable bonds is 4. The lowest BCUT2D eigenvalue weighted by molar-refractivity contribution is -0.00315. The fourth-order valence-electron chi connectivity index (χ4n) is 2.16. The molecule has 0 atom stereocenters. The SMILES string of the molecule is CC(C)(C)[Si](C)(C)O[C@H]1C[C@H](Oc2ccc(C#N)c(Br)c2)C1. The molecule has 0 N–H and O–H groups in total. The second-order valence-corrected chi connectivity index (χ2v) is 13.1. The third kappa shape index (κ3) is 3.92. The van der Waals surface area contributed by atoms with Crippen molar-refractivity contribution in [1.82, 2.24) is 0 Å². The van der Waals surface area contributed by atoms with E-state index in [1.165, 1.54) is 0 Å². The van der Waals surface area contributed by atoms with Crippen molar-refractivity contribution in [2.75, 3.05) is 0 Å². The van der Waals surface area contributed by atoms with Gasteiger partial charge in [-0.25, -0.2) is 0 Å². The van der Waals surface area contributed by atoms with Gasteiger partial charge in [-0.05, 0) is 52.3 Å². The quantitative estimate of drug-likeness (QED) is 0.668. The van der Waals surface area contributed by atoms with Gasteiger partial charge < -0.3 is 9.16 Å². The molecule has 0 amide bonds. The lowest BCUT2D eigenvalue weighted by Gasteiger charge is -2.44. The topological polar surface area (TPSA) is 42.2 Å². The molecule has 1 aliphatic carbocycles. The molecule has 1 aromatic rings. The van der Waals surface area contributed by atoms with Crippen LogP contribution in [0.4, 0.5) is 0 Å². The molecule has 0 aromatic heterocycles. The number of nitriles is 1. The lowest BCUT2D eigenvalue weighted by Crippen LogP contribution is -2.50. The van der Waals surface area contributed by atoms with Crippen molar-refractivity contribution in [3.05, 3.63) is 28.2 Å². The van der Waals surface area contributed by atoms with Crippen molar-refractivity contribution in [2.24, 2.45) is 0 Å². The van der Waals surface area contributed by atoms with Crippen molar-refractivity contribution in [3.63, 3.8) is 0 Å². The summed E-state index contributed by atoms with van der Waals surface area (Å²) in [6.45, 7) is 11.4. The Kier molecular flexibility index (Phi) is 5.05. The van der Waals surface area contributed by atoms with Gasteiger partial charge in [0.15, 0.2) is 8.32 Å². The molecular weight excluding hydrogens is 358 g/mol. The monoisotopic (exact) mass is 381 g/mol. The number of nitrogens with zero attached hydrogens (tertiary/aromatic N) is 1. The number of benzene rings is 1. The molecule has 1 saturated carbocycles. The highest BCUT2D eigenvalue weighted by Gasteiger charge is 2.43. The first-order valence-corrected chi connectivity index (χ1v) is 11.4. The Morgan fingerprint density at radius 3 is 2.36 bits per heavy atom. The van der Waals surface area contributed by atoms with Gasteiger partial charge in [0.1, 0.15) is 17.9 Å². The lowest BCUT2D eigenvalue weighted by atomic mass is 9.92. The molecule has 0 spiro atoms. The predicted octanol–water partition coefficient (Wildman–Crippen LogP) is 5.25. The molecule has 0 aliphatic heterocycles. The highest BCUT2D eigenvalue weighted by Crippen LogP contribution is 2.40. The van der Waals surface area contributed by atoms with Gasteiger partial charge in [-0.15, -0.1) is 0 Å². The number of halogens is 1. The Morgan fingerprint density at radius 2 is 1.86 bits per heavy atom. The molecule has 0 saturated heterocycles. The van der Waals surface area contributed by atoms with E-state index < -0.39 is 8.32 Å². The van der Waals surface area contributed by atoms with Crippen LogP contribution in [0.3, 0.4) is 0 Å². The van der Waals surface area contributed by atoms with E-state index in [4.69, 9.17) is 14.4 Å². The van der Waals surface area contributed by atoms with E-state index in [9.17, 15) is 0 Å². The molecule has 22 heavy (non-hydrogen) atoms.